The van der Waals surface area contributed by atoms with Crippen molar-refractivity contribution in [2.45, 2.75) is 18.9 Å². The molecule has 1 N–H and O–H groups in total. The molecule has 0 spiro atoms. The van der Waals surface area contributed by atoms with Crippen molar-refractivity contribution < 1.29 is 9.90 Å². The predicted octanol–water partition coefficient (Wildman–Crippen LogP) is 0.727. The maximum Gasteiger partial charge on any atom is 0.274 e. The third-order valence-electron chi connectivity index (χ3n) is 2.67. The first kappa shape index (κ1) is 11.3. The Morgan fingerprint density at radius 2 is 2.44 bits per heavy atom. The predicted molar refractivity (Wildman–Crippen MR) is 58.2 cm³/mol. The van der Waals surface area contributed by atoms with Crippen molar-refractivity contribution >= 4 is 17.5 Å². The van der Waals surface area contributed by atoms with E-state index in [4.69, 9.17) is 16.7 Å². The lowest BCUT2D eigenvalue weighted by molar-refractivity contribution is 0.0671. The minimum absolute atomic E-state index is 0.0142. The highest BCUT2D eigenvalue weighted by molar-refractivity contribution is 6.29. The summed E-state index contributed by atoms with van der Waals surface area (Å²) in [7, 11) is 0. The van der Waals surface area contributed by atoms with Gasteiger partial charge in [0.1, 0.15) is 10.8 Å². The van der Waals surface area contributed by atoms with Gasteiger partial charge in [-0.2, -0.15) is 0 Å². The molecule has 6 heteroatoms. The van der Waals surface area contributed by atoms with Crippen molar-refractivity contribution in [3.8, 4) is 0 Å². The minimum atomic E-state index is -0.216. The Bertz CT molecular complexity index is 399. The maximum absolute atomic E-state index is 12.0. The van der Waals surface area contributed by atoms with Gasteiger partial charge in [-0.1, -0.05) is 11.6 Å². The van der Waals surface area contributed by atoms with Crippen molar-refractivity contribution in [2.24, 2.45) is 0 Å². The molecule has 1 atom stereocenters. The third-order valence-corrected chi connectivity index (χ3v) is 2.86. The molecule has 0 aromatic carbocycles. The molecule has 1 aromatic heterocycles. The van der Waals surface area contributed by atoms with E-state index >= 15 is 0 Å². The third kappa shape index (κ3) is 2.15. The van der Waals surface area contributed by atoms with Gasteiger partial charge in [-0.3, -0.25) is 9.78 Å². The van der Waals surface area contributed by atoms with Gasteiger partial charge < -0.3 is 10.0 Å². The lowest BCUT2D eigenvalue weighted by Crippen LogP contribution is -2.38. The molecule has 86 valence electrons. The number of hydrogen-bond acceptors (Lipinski definition) is 4. The molecule has 16 heavy (non-hydrogen) atoms. The maximum atomic E-state index is 12.0. The normalized spacial score (nSPS) is 20.1. The van der Waals surface area contributed by atoms with Gasteiger partial charge >= 0.3 is 0 Å². The van der Waals surface area contributed by atoms with Crippen molar-refractivity contribution in [3.63, 3.8) is 0 Å². The summed E-state index contributed by atoms with van der Waals surface area (Å²) in [6.07, 6.45) is 4.51. The number of aliphatic hydroxyl groups excluding tert-OH is 1. The van der Waals surface area contributed by atoms with Gasteiger partial charge in [-0.15, -0.1) is 0 Å². The van der Waals surface area contributed by atoms with Crippen LogP contribution in [0.2, 0.25) is 5.15 Å². The molecule has 1 saturated heterocycles. The van der Waals surface area contributed by atoms with Gasteiger partial charge in [0.2, 0.25) is 0 Å². The summed E-state index contributed by atoms with van der Waals surface area (Å²) in [6, 6.07) is -0.103. The van der Waals surface area contributed by atoms with E-state index in [1.165, 1.54) is 12.4 Å². The first-order valence-electron chi connectivity index (χ1n) is 5.11. The number of carbonyl (C=O) groups excluding carboxylic acids is 1. The van der Waals surface area contributed by atoms with Crippen LogP contribution < -0.4 is 0 Å². The number of aliphatic hydroxyl groups is 1. The average molecular weight is 242 g/mol. The number of likely N-dealkylation sites (tertiary alicyclic amines) is 1. The highest BCUT2D eigenvalue weighted by Gasteiger charge is 2.29. The molecule has 1 aliphatic rings. The number of hydrogen-bond donors (Lipinski definition) is 1. The molecule has 1 amide bonds. The number of rotatable bonds is 2. The molecule has 5 nitrogen and oxygen atoms in total. The van der Waals surface area contributed by atoms with E-state index in [9.17, 15) is 4.79 Å². The molecule has 1 aromatic rings. The Hall–Kier alpha value is -1.20. The van der Waals surface area contributed by atoms with Crippen LogP contribution in [0.5, 0.6) is 0 Å². The zero-order chi connectivity index (χ0) is 11.5. The molecule has 2 rings (SSSR count). The molecule has 0 aliphatic carbocycles. The van der Waals surface area contributed by atoms with Gasteiger partial charge in [-0.25, -0.2) is 4.98 Å². The van der Waals surface area contributed by atoms with Crippen LogP contribution in [0.3, 0.4) is 0 Å². The Labute approximate surface area is 98.1 Å². The van der Waals surface area contributed by atoms with Crippen molar-refractivity contribution in [2.75, 3.05) is 13.2 Å². The lowest BCUT2D eigenvalue weighted by Gasteiger charge is -2.22. The van der Waals surface area contributed by atoms with E-state index in [1.54, 1.807) is 4.90 Å². The van der Waals surface area contributed by atoms with Crippen LogP contribution >= 0.6 is 11.6 Å². The zero-order valence-electron chi connectivity index (χ0n) is 8.64. The number of nitrogens with zero attached hydrogens (tertiary/aromatic N) is 3. The molecule has 1 aliphatic heterocycles. The summed E-state index contributed by atoms with van der Waals surface area (Å²) >= 11 is 5.67. The Balaban J connectivity index is 2.18. The second kappa shape index (κ2) is 4.76. The second-order valence-corrected chi connectivity index (χ2v) is 4.09. The Morgan fingerprint density at radius 1 is 1.62 bits per heavy atom. The van der Waals surface area contributed by atoms with Crippen molar-refractivity contribution in [1.29, 1.82) is 0 Å². The summed E-state index contributed by atoms with van der Waals surface area (Å²) in [5.41, 5.74) is 0.229. The quantitative estimate of drug-likeness (QED) is 0.829. The van der Waals surface area contributed by atoms with Crippen molar-refractivity contribution in [3.05, 3.63) is 23.2 Å². The van der Waals surface area contributed by atoms with E-state index in [0.717, 1.165) is 12.8 Å². The first-order chi connectivity index (χ1) is 7.72. The summed E-state index contributed by atoms with van der Waals surface area (Å²) in [5, 5.41) is 9.33. The number of halogens is 1. The van der Waals surface area contributed by atoms with Crippen LogP contribution in [0.25, 0.3) is 0 Å². The van der Waals surface area contributed by atoms with Crippen LogP contribution in [0.1, 0.15) is 23.3 Å². The molecule has 2 heterocycles. The van der Waals surface area contributed by atoms with Gasteiger partial charge in [0.25, 0.3) is 5.91 Å². The molecule has 0 unspecified atom stereocenters. The summed E-state index contributed by atoms with van der Waals surface area (Å²) < 4.78 is 0. The summed E-state index contributed by atoms with van der Waals surface area (Å²) in [6.45, 7) is 0.637. The minimum Gasteiger partial charge on any atom is -0.394 e. The summed E-state index contributed by atoms with van der Waals surface area (Å²) in [5.74, 6) is -0.216. The number of aromatic nitrogens is 2. The van der Waals surface area contributed by atoms with Crippen LogP contribution in [0.15, 0.2) is 12.4 Å². The fraction of sp³-hybridized carbons (Fsp3) is 0.500. The van der Waals surface area contributed by atoms with Crippen LogP contribution in [-0.2, 0) is 0 Å². The van der Waals surface area contributed by atoms with E-state index in [2.05, 4.69) is 9.97 Å². The fourth-order valence-electron chi connectivity index (χ4n) is 1.89. The lowest BCUT2D eigenvalue weighted by atomic mass is 10.2. The van der Waals surface area contributed by atoms with E-state index in [0.29, 0.717) is 6.54 Å². The van der Waals surface area contributed by atoms with E-state index < -0.39 is 0 Å². The van der Waals surface area contributed by atoms with E-state index in [1.807, 2.05) is 0 Å². The largest absolute Gasteiger partial charge is 0.394 e. The second-order valence-electron chi connectivity index (χ2n) is 3.70. The smallest absolute Gasteiger partial charge is 0.274 e. The molecule has 0 bridgehead atoms. The Morgan fingerprint density at radius 3 is 3.12 bits per heavy atom. The average Bonchev–Trinajstić information content (AvgIpc) is 2.76. The van der Waals surface area contributed by atoms with Crippen LogP contribution in [0, 0.1) is 0 Å². The highest BCUT2D eigenvalue weighted by Crippen LogP contribution is 2.19. The molecule has 0 saturated carbocycles. The zero-order valence-corrected chi connectivity index (χ0v) is 9.39. The fourth-order valence-corrected chi connectivity index (χ4v) is 2.03. The van der Waals surface area contributed by atoms with Gasteiger partial charge in [0.15, 0.2) is 0 Å². The van der Waals surface area contributed by atoms with Crippen LogP contribution in [0.4, 0.5) is 0 Å². The summed E-state index contributed by atoms with van der Waals surface area (Å²) in [4.78, 5) is 21.4. The molecular weight excluding hydrogens is 230 g/mol. The van der Waals surface area contributed by atoms with E-state index in [-0.39, 0.29) is 29.4 Å². The first-order valence-corrected chi connectivity index (χ1v) is 5.49. The van der Waals surface area contributed by atoms with Gasteiger partial charge in [0, 0.05) is 6.54 Å². The molecule has 1 fully saturated rings. The highest BCUT2D eigenvalue weighted by atomic mass is 35.5. The molecule has 0 radical (unpaired) electrons. The van der Waals surface area contributed by atoms with Gasteiger partial charge in [0.05, 0.1) is 25.0 Å². The van der Waals surface area contributed by atoms with Crippen LogP contribution in [-0.4, -0.2) is 45.1 Å². The van der Waals surface area contributed by atoms with Gasteiger partial charge in [-0.05, 0) is 12.8 Å². The topological polar surface area (TPSA) is 66.3 Å². The SMILES string of the molecule is O=C(c1cncc(Cl)n1)N1CCC[C@@H]1CO. The molecular formula is C10H12ClN3O2. The van der Waals surface area contributed by atoms with Crippen molar-refractivity contribution in [1.82, 2.24) is 14.9 Å². The number of carbonyl (C=O) groups is 1. The monoisotopic (exact) mass is 241 g/mol. The Kier molecular flexibility index (Phi) is 3.36. The standard InChI is InChI=1S/C10H12ClN3O2/c11-9-5-12-4-8(13-9)10(16)14-3-1-2-7(14)6-15/h4-5,7,15H,1-3,6H2/t7-/m1/s1. The number of amides is 1.